The number of hydrogen-bond donors (Lipinski definition) is 1. The number of ether oxygens (including phenoxy) is 2. The topological polar surface area (TPSA) is 77.5 Å². The Hall–Kier alpha value is -1.74. The summed E-state index contributed by atoms with van der Waals surface area (Å²) in [5.74, 6) is 0.00513. The third kappa shape index (κ3) is 5.62. The van der Waals surface area contributed by atoms with Crippen molar-refractivity contribution in [3.05, 3.63) is 47.4 Å². The van der Waals surface area contributed by atoms with E-state index in [1.54, 1.807) is 24.3 Å². The standard InChI is InChI=1S/C18H20ClFN2O4S/c1-27(23,24)22-17-6-7-25-10-13(17)11-26-15-4-2-12(3-5-15)18-16(20)8-14(19)9-21-18/h2-5,8-9,13,17,22H,6-7,10-11H2,1H3. The molecule has 1 fully saturated rings. The molecule has 0 spiro atoms. The number of hydrogen-bond acceptors (Lipinski definition) is 5. The van der Waals surface area contributed by atoms with Crippen molar-refractivity contribution in [2.75, 3.05) is 26.1 Å². The van der Waals surface area contributed by atoms with Crippen molar-refractivity contribution in [3.8, 4) is 17.0 Å². The summed E-state index contributed by atoms with van der Waals surface area (Å²) in [5, 5.41) is 0.239. The predicted octanol–water partition coefficient (Wildman–Crippen LogP) is 2.87. The third-order valence-corrected chi connectivity index (χ3v) is 5.18. The van der Waals surface area contributed by atoms with Crippen molar-refractivity contribution < 1.29 is 22.3 Å². The highest BCUT2D eigenvalue weighted by atomic mass is 35.5. The number of halogens is 2. The van der Waals surface area contributed by atoms with E-state index in [-0.39, 0.29) is 22.7 Å². The van der Waals surface area contributed by atoms with Gasteiger partial charge in [-0.1, -0.05) is 11.6 Å². The smallest absolute Gasteiger partial charge is 0.208 e. The van der Waals surface area contributed by atoms with E-state index in [1.165, 1.54) is 12.3 Å². The van der Waals surface area contributed by atoms with Crippen LogP contribution in [0.2, 0.25) is 5.02 Å². The van der Waals surface area contributed by atoms with Crippen LogP contribution in [0.5, 0.6) is 5.75 Å². The van der Waals surface area contributed by atoms with Crippen molar-refractivity contribution in [2.24, 2.45) is 5.92 Å². The molecular weight excluding hydrogens is 395 g/mol. The van der Waals surface area contributed by atoms with Crippen molar-refractivity contribution in [1.82, 2.24) is 9.71 Å². The van der Waals surface area contributed by atoms with Crippen LogP contribution in [0.25, 0.3) is 11.3 Å². The van der Waals surface area contributed by atoms with E-state index in [4.69, 9.17) is 21.1 Å². The molecule has 6 nitrogen and oxygen atoms in total. The Morgan fingerprint density at radius 3 is 2.78 bits per heavy atom. The number of pyridine rings is 1. The highest BCUT2D eigenvalue weighted by Crippen LogP contribution is 2.25. The number of benzene rings is 1. The van der Waals surface area contributed by atoms with Gasteiger partial charge in [-0.05, 0) is 36.8 Å². The molecule has 1 aliphatic rings. The first kappa shape index (κ1) is 20.0. The van der Waals surface area contributed by atoms with Crippen LogP contribution in [0.4, 0.5) is 4.39 Å². The number of aromatic nitrogens is 1. The van der Waals surface area contributed by atoms with Gasteiger partial charge in [-0.15, -0.1) is 0 Å². The van der Waals surface area contributed by atoms with Gasteiger partial charge in [-0.3, -0.25) is 4.98 Å². The molecule has 1 N–H and O–H groups in total. The van der Waals surface area contributed by atoms with Gasteiger partial charge in [-0.2, -0.15) is 0 Å². The van der Waals surface area contributed by atoms with E-state index >= 15 is 0 Å². The fourth-order valence-electron chi connectivity index (χ4n) is 2.93. The minimum atomic E-state index is -3.30. The maximum Gasteiger partial charge on any atom is 0.208 e. The Morgan fingerprint density at radius 1 is 1.37 bits per heavy atom. The highest BCUT2D eigenvalue weighted by molar-refractivity contribution is 7.88. The lowest BCUT2D eigenvalue weighted by molar-refractivity contribution is 0.0187. The summed E-state index contributed by atoms with van der Waals surface area (Å²) in [4.78, 5) is 4.01. The lowest BCUT2D eigenvalue weighted by Gasteiger charge is -2.31. The molecule has 3 rings (SSSR count). The fraction of sp³-hybridized carbons (Fsp3) is 0.389. The number of nitrogens with one attached hydrogen (secondary N) is 1. The summed E-state index contributed by atoms with van der Waals surface area (Å²) in [7, 11) is -3.30. The van der Waals surface area contributed by atoms with Crippen LogP contribution in [-0.4, -0.2) is 45.5 Å². The lowest BCUT2D eigenvalue weighted by Crippen LogP contribution is -2.47. The second-order valence-electron chi connectivity index (χ2n) is 6.44. The molecule has 0 saturated carbocycles. The van der Waals surface area contributed by atoms with Crippen LogP contribution < -0.4 is 9.46 Å². The molecular formula is C18H20ClFN2O4S. The average Bonchev–Trinajstić information content (AvgIpc) is 2.60. The van der Waals surface area contributed by atoms with Gasteiger partial charge >= 0.3 is 0 Å². The Kier molecular flexibility index (Phi) is 6.31. The van der Waals surface area contributed by atoms with E-state index in [0.717, 1.165) is 6.26 Å². The van der Waals surface area contributed by atoms with Crippen LogP contribution in [0.3, 0.4) is 0 Å². The van der Waals surface area contributed by atoms with Crippen molar-refractivity contribution in [1.29, 1.82) is 0 Å². The first-order chi connectivity index (χ1) is 12.8. The third-order valence-electron chi connectivity index (χ3n) is 4.24. The predicted molar refractivity (Wildman–Crippen MR) is 101 cm³/mol. The average molecular weight is 415 g/mol. The molecule has 1 aromatic carbocycles. The Morgan fingerprint density at radius 2 is 2.11 bits per heavy atom. The van der Waals surface area contributed by atoms with Crippen LogP contribution in [-0.2, 0) is 14.8 Å². The first-order valence-electron chi connectivity index (χ1n) is 8.41. The largest absolute Gasteiger partial charge is 0.493 e. The van der Waals surface area contributed by atoms with Gasteiger partial charge in [-0.25, -0.2) is 17.5 Å². The van der Waals surface area contributed by atoms with Gasteiger partial charge in [0.15, 0.2) is 5.82 Å². The van der Waals surface area contributed by atoms with Crippen molar-refractivity contribution >= 4 is 21.6 Å². The minimum absolute atomic E-state index is 0.0940. The molecule has 0 bridgehead atoms. The quantitative estimate of drug-likeness (QED) is 0.786. The lowest BCUT2D eigenvalue weighted by atomic mass is 9.98. The molecule has 2 unspecified atom stereocenters. The van der Waals surface area contributed by atoms with E-state index in [2.05, 4.69) is 9.71 Å². The molecule has 146 valence electrons. The van der Waals surface area contributed by atoms with Gasteiger partial charge in [0.1, 0.15) is 11.4 Å². The summed E-state index contributed by atoms with van der Waals surface area (Å²) in [5.41, 5.74) is 0.818. The number of sulfonamides is 1. The molecule has 9 heteroatoms. The zero-order valence-electron chi connectivity index (χ0n) is 14.7. The van der Waals surface area contributed by atoms with Gasteiger partial charge in [0.25, 0.3) is 0 Å². The summed E-state index contributed by atoms with van der Waals surface area (Å²) in [6.45, 7) is 1.24. The molecule has 0 aliphatic carbocycles. The molecule has 2 atom stereocenters. The highest BCUT2D eigenvalue weighted by Gasteiger charge is 2.28. The van der Waals surface area contributed by atoms with E-state index in [9.17, 15) is 12.8 Å². The SMILES string of the molecule is CS(=O)(=O)NC1CCOCC1COc1ccc(-c2ncc(Cl)cc2F)cc1. The molecule has 2 aromatic rings. The fourth-order valence-corrected chi connectivity index (χ4v) is 3.94. The normalized spacial score (nSPS) is 20.4. The van der Waals surface area contributed by atoms with Crippen LogP contribution in [0.15, 0.2) is 36.5 Å². The van der Waals surface area contributed by atoms with Crippen LogP contribution in [0, 0.1) is 11.7 Å². The molecule has 1 aromatic heterocycles. The van der Waals surface area contributed by atoms with Crippen LogP contribution in [0.1, 0.15) is 6.42 Å². The summed E-state index contributed by atoms with van der Waals surface area (Å²) >= 11 is 5.72. The Balaban J connectivity index is 1.64. The minimum Gasteiger partial charge on any atom is -0.493 e. The van der Waals surface area contributed by atoms with Gasteiger partial charge < -0.3 is 9.47 Å². The maximum absolute atomic E-state index is 14.0. The number of rotatable bonds is 6. The van der Waals surface area contributed by atoms with Gasteiger partial charge in [0.2, 0.25) is 10.0 Å². The second-order valence-corrected chi connectivity index (χ2v) is 8.66. The summed E-state index contributed by atoms with van der Waals surface area (Å²) in [6, 6.07) is 7.84. The molecule has 1 saturated heterocycles. The maximum atomic E-state index is 14.0. The molecule has 0 radical (unpaired) electrons. The Bertz CT molecular complexity index is 893. The number of nitrogens with zero attached hydrogens (tertiary/aromatic N) is 1. The van der Waals surface area contributed by atoms with E-state index in [0.29, 0.717) is 37.6 Å². The molecule has 0 amide bonds. The second kappa shape index (κ2) is 8.52. The molecule has 2 heterocycles. The zero-order chi connectivity index (χ0) is 19.4. The summed E-state index contributed by atoms with van der Waals surface area (Å²) < 4.78 is 50.8. The van der Waals surface area contributed by atoms with Crippen LogP contribution >= 0.6 is 11.6 Å². The molecule has 27 heavy (non-hydrogen) atoms. The van der Waals surface area contributed by atoms with Crippen molar-refractivity contribution in [3.63, 3.8) is 0 Å². The van der Waals surface area contributed by atoms with E-state index < -0.39 is 15.8 Å². The monoisotopic (exact) mass is 414 g/mol. The Labute approximate surface area is 162 Å². The van der Waals surface area contributed by atoms with Gasteiger partial charge in [0.05, 0.1) is 24.5 Å². The first-order valence-corrected chi connectivity index (χ1v) is 10.7. The van der Waals surface area contributed by atoms with Gasteiger partial charge in [0, 0.05) is 30.3 Å². The zero-order valence-corrected chi connectivity index (χ0v) is 16.3. The van der Waals surface area contributed by atoms with Crippen molar-refractivity contribution in [2.45, 2.75) is 12.5 Å². The van der Waals surface area contributed by atoms with E-state index in [1.807, 2.05) is 0 Å². The molecule has 1 aliphatic heterocycles. The summed E-state index contributed by atoms with van der Waals surface area (Å²) in [6.07, 6.45) is 3.13.